The first kappa shape index (κ1) is 13.0. The van der Waals surface area contributed by atoms with Crippen LogP contribution in [0.5, 0.6) is 0 Å². The van der Waals surface area contributed by atoms with Gasteiger partial charge >= 0.3 is 0 Å². The second-order valence-corrected chi connectivity index (χ2v) is 5.74. The van der Waals surface area contributed by atoms with E-state index in [1.807, 2.05) is 0 Å². The van der Waals surface area contributed by atoms with Crippen molar-refractivity contribution in [3.05, 3.63) is 0 Å². The summed E-state index contributed by atoms with van der Waals surface area (Å²) in [4.78, 5) is 24.6. The molecule has 3 heterocycles. The van der Waals surface area contributed by atoms with E-state index < -0.39 is 0 Å². The number of likely N-dealkylation sites (N-methyl/N-ethyl adjacent to an activating group) is 1. The number of carbonyl (C=O) groups excluding carboxylic acids is 2. The molecule has 1 N–H and O–H groups in total. The van der Waals surface area contributed by atoms with Crippen LogP contribution in [-0.2, 0) is 19.1 Å². The lowest BCUT2D eigenvalue weighted by atomic mass is 9.89. The number of hydrogen-bond donors (Lipinski definition) is 1. The maximum absolute atomic E-state index is 11.9. The van der Waals surface area contributed by atoms with Gasteiger partial charge in [-0.25, -0.2) is 0 Å². The van der Waals surface area contributed by atoms with E-state index in [0.29, 0.717) is 13.2 Å². The minimum atomic E-state index is -0.361. The van der Waals surface area contributed by atoms with Crippen LogP contribution in [0.2, 0.25) is 0 Å². The van der Waals surface area contributed by atoms with Crippen molar-refractivity contribution in [2.24, 2.45) is 0 Å². The van der Waals surface area contributed by atoms with Crippen molar-refractivity contribution >= 4 is 11.8 Å². The smallest absolute Gasteiger partial charge is 0.246 e. The monoisotopic (exact) mass is 268 g/mol. The van der Waals surface area contributed by atoms with Gasteiger partial charge in [-0.3, -0.25) is 14.5 Å². The SMILES string of the molecule is CN1C(=O)CC(NC2CCOC3(CCOC3)C2)C1=O. The summed E-state index contributed by atoms with van der Waals surface area (Å²) in [6, 6.07) is -0.135. The zero-order valence-corrected chi connectivity index (χ0v) is 11.2. The van der Waals surface area contributed by atoms with Gasteiger partial charge in [-0.05, 0) is 12.8 Å². The van der Waals surface area contributed by atoms with Crippen LogP contribution >= 0.6 is 0 Å². The van der Waals surface area contributed by atoms with E-state index in [4.69, 9.17) is 9.47 Å². The molecule has 0 aromatic rings. The Balaban J connectivity index is 1.61. The highest BCUT2D eigenvalue weighted by molar-refractivity contribution is 6.05. The van der Waals surface area contributed by atoms with Crippen molar-refractivity contribution in [3.63, 3.8) is 0 Å². The zero-order valence-electron chi connectivity index (χ0n) is 11.2. The number of carbonyl (C=O) groups is 2. The van der Waals surface area contributed by atoms with Crippen LogP contribution in [0, 0.1) is 0 Å². The summed E-state index contributed by atoms with van der Waals surface area (Å²) in [5.74, 6) is -0.221. The molecule has 0 aromatic heterocycles. The van der Waals surface area contributed by atoms with E-state index in [0.717, 1.165) is 25.9 Å². The Hall–Kier alpha value is -0.980. The molecule has 0 aromatic carbocycles. The van der Waals surface area contributed by atoms with Crippen LogP contribution in [-0.4, -0.2) is 61.3 Å². The predicted octanol–water partition coefficient (Wildman–Crippen LogP) is -0.329. The lowest BCUT2D eigenvalue weighted by Crippen LogP contribution is -2.51. The highest BCUT2D eigenvalue weighted by Gasteiger charge is 2.43. The molecule has 106 valence electrons. The molecule has 3 aliphatic heterocycles. The third-order valence-corrected chi connectivity index (χ3v) is 4.38. The third-order valence-electron chi connectivity index (χ3n) is 4.38. The molecule has 0 saturated carbocycles. The van der Waals surface area contributed by atoms with E-state index in [2.05, 4.69) is 5.32 Å². The molecule has 6 nitrogen and oxygen atoms in total. The van der Waals surface area contributed by atoms with E-state index >= 15 is 0 Å². The molecule has 3 atom stereocenters. The standard InChI is InChI=1S/C13H20N2O4/c1-15-11(16)6-10(12(15)17)14-9-2-4-19-13(7-9)3-5-18-8-13/h9-10,14H,2-8H2,1H3. The summed E-state index contributed by atoms with van der Waals surface area (Å²) in [6.07, 6.45) is 2.93. The highest BCUT2D eigenvalue weighted by Crippen LogP contribution is 2.33. The molecule has 3 rings (SSSR count). The average Bonchev–Trinajstić information content (AvgIpc) is 2.92. The molecule has 3 aliphatic rings. The Bertz CT molecular complexity index is 392. The summed E-state index contributed by atoms with van der Waals surface area (Å²) in [5.41, 5.74) is -0.173. The Labute approximate surface area is 112 Å². The fourth-order valence-corrected chi connectivity index (χ4v) is 3.20. The molecular formula is C13H20N2O4. The molecule has 1 spiro atoms. The Morgan fingerprint density at radius 1 is 1.37 bits per heavy atom. The van der Waals surface area contributed by atoms with Crippen molar-refractivity contribution < 1.29 is 19.1 Å². The molecule has 19 heavy (non-hydrogen) atoms. The van der Waals surface area contributed by atoms with E-state index in [1.165, 1.54) is 4.90 Å². The Kier molecular flexibility index (Phi) is 3.32. The van der Waals surface area contributed by atoms with Gasteiger partial charge in [-0.1, -0.05) is 0 Å². The number of likely N-dealkylation sites (tertiary alicyclic amines) is 1. The quantitative estimate of drug-likeness (QED) is 0.695. The summed E-state index contributed by atoms with van der Waals surface area (Å²) in [5, 5.41) is 3.33. The molecule has 3 fully saturated rings. The summed E-state index contributed by atoms with van der Waals surface area (Å²) in [6.45, 7) is 2.07. The minimum absolute atomic E-state index is 0.103. The van der Waals surface area contributed by atoms with Crippen LogP contribution in [0.15, 0.2) is 0 Å². The third kappa shape index (κ3) is 2.40. The van der Waals surface area contributed by atoms with Gasteiger partial charge in [0.15, 0.2) is 0 Å². The van der Waals surface area contributed by atoms with Gasteiger partial charge in [-0.15, -0.1) is 0 Å². The van der Waals surface area contributed by atoms with Gasteiger partial charge in [0.1, 0.15) is 0 Å². The number of hydrogen-bond acceptors (Lipinski definition) is 5. The minimum Gasteiger partial charge on any atom is -0.378 e. The number of ether oxygens (including phenoxy) is 2. The van der Waals surface area contributed by atoms with E-state index in [-0.39, 0.29) is 35.9 Å². The van der Waals surface area contributed by atoms with Crippen LogP contribution in [0.3, 0.4) is 0 Å². The maximum Gasteiger partial charge on any atom is 0.246 e. The van der Waals surface area contributed by atoms with Gasteiger partial charge < -0.3 is 14.8 Å². The lowest BCUT2D eigenvalue weighted by molar-refractivity contribution is -0.137. The normalized spacial score (nSPS) is 39.5. The van der Waals surface area contributed by atoms with Crippen molar-refractivity contribution in [3.8, 4) is 0 Å². The molecule has 0 aliphatic carbocycles. The van der Waals surface area contributed by atoms with E-state index in [9.17, 15) is 9.59 Å². The van der Waals surface area contributed by atoms with Crippen LogP contribution < -0.4 is 5.32 Å². The zero-order chi connectivity index (χ0) is 13.5. The van der Waals surface area contributed by atoms with Crippen molar-refractivity contribution in [2.45, 2.75) is 43.4 Å². The number of rotatable bonds is 2. The largest absolute Gasteiger partial charge is 0.378 e. The molecule has 3 saturated heterocycles. The second-order valence-electron chi connectivity index (χ2n) is 5.74. The molecule has 0 radical (unpaired) electrons. The van der Waals surface area contributed by atoms with Crippen LogP contribution in [0.4, 0.5) is 0 Å². The highest BCUT2D eigenvalue weighted by atomic mass is 16.6. The van der Waals surface area contributed by atoms with Crippen molar-refractivity contribution in [1.82, 2.24) is 10.2 Å². The lowest BCUT2D eigenvalue weighted by Gasteiger charge is -2.38. The number of nitrogens with one attached hydrogen (secondary N) is 1. The summed E-state index contributed by atoms with van der Waals surface area (Å²) < 4.78 is 11.3. The topological polar surface area (TPSA) is 67.9 Å². The van der Waals surface area contributed by atoms with Gasteiger partial charge in [0.05, 0.1) is 24.7 Å². The Morgan fingerprint density at radius 2 is 2.21 bits per heavy atom. The molecular weight excluding hydrogens is 248 g/mol. The van der Waals surface area contributed by atoms with E-state index in [1.54, 1.807) is 7.05 Å². The first-order valence-electron chi connectivity index (χ1n) is 6.88. The summed E-state index contributed by atoms with van der Waals surface area (Å²) in [7, 11) is 1.54. The van der Waals surface area contributed by atoms with Gasteiger partial charge in [0.25, 0.3) is 0 Å². The number of nitrogens with zero attached hydrogens (tertiary/aromatic N) is 1. The van der Waals surface area contributed by atoms with Gasteiger partial charge in [-0.2, -0.15) is 0 Å². The van der Waals surface area contributed by atoms with Crippen molar-refractivity contribution in [2.75, 3.05) is 26.9 Å². The number of amides is 2. The molecule has 2 amide bonds. The van der Waals surface area contributed by atoms with Gasteiger partial charge in [0, 0.05) is 32.7 Å². The number of imide groups is 1. The van der Waals surface area contributed by atoms with Crippen LogP contribution in [0.1, 0.15) is 25.7 Å². The van der Waals surface area contributed by atoms with Crippen molar-refractivity contribution in [1.29, 1.82) is 0 Å². The fraction of sp³-hybridized carbons (Fsp3) is 0.846. The predicted molar refractivity (Wildman–Crippen MR) is 66.5 cm³/mol. The Morgan fingerprint density at radius 3 is 2.84 bits per heavy atom. The molecule has 0 bridgehead atoms. The average molecular weight is 268 g/mol. The summed E-state index contributed by atoms with van der Waals surface area (Å²) >= 11 is 0. The molecule has 6 heteroatoms. The van der Waals surface area contributed by atoms with Gasteiger partial charge in [0.2, 0.25) is 11.8 Å². The second kappa shape index (κ2) is 4.85. The first-order chi connectivity index (χ1) is 9.10. The first-order valence-corrected chi connectivity index (χ1v) is 6.88. The fourth-order valence-electron chi connectivity index (χ4n) is 3.20. The molecule has 3 unspecified atom stereocenters. The maximum atomic E-state index is 11.9. The van der Waals surface area contributed by atoms with Crippen LogP contribution in [0.25, 0.3) is 0 Å².